The van der Waals surface area contributed by atoms with Gasteiger partial charge in [0.2, 0.25) is 5.82 Å². The molecule has 0 fully saturated rings. The molecule has 0 bridgehead atoms. The Kier molecular flexibility index (Phi) is 6.87. The Morgan fingerprint density at radius 2 is 1.91 bits per heavy atom. The Balaban J connectivity index is 1.44. The average molecular weight is 461 g/mol. The van der Waals surface area contributed by atoms with Gasteiger partial charge in [0.15, 0.2) is 6.23 Å². The molecule has 4 aromatic rings. The number of anilines is 1. The summed E-state index contributed by atoms with van der Waals surface area (Å²) in [6.45, 7) is 2.18. The maximum absolute atomic E-state index is 14.8. The molecule has 2 amide bonds. The van der Waals surface area contributed by atoms with Gasteiger partial charge in [0, 0.05) is 30.1 Å². The minimum atomic E-state index is -1.01. The molecular weight excluding hydrogens is 441 g/mol. The first-order valence-corrected chi connectivity index (χ1v) is 10.3. The van der Waals surface area contributed by atoms with Gasteiger partial charge >= 0.3 is 6.03 Å². The van der Waals surface area contributed by atoms with E-state index in [2.05, 4.69) is 25.8 Å². The Morgan fingerprint density at radius 1 is 1.15 bits per heavy atom. The van der Waals surface area contributed by atoms with Crippen molar-refractivity contribution in [3.63, 3.8) is 0 Å². The Bertz CT molecular complexity index is 1280. The largest absolute Gasteiger partial charge is 0.443 e. The molecule has 10 heteroatoms. The fraction of sp³-hybridized carbons (Fsp3) is 0.125. The number of aromatic nitrogens is 3. The van der Waals surface area contributed by atoms with Gasteiger partial charge in [0.1, 0.15) is 5.82 Å². The fourth-order valence-electron chi connectivity index (χ4n) is 3.18. The molecule has 2 heterocycles. The Morgan fingerprint density at radius 3 is 2.62 bits per heavy atom. The van der Waals surface area contributed by atoms with Gasteiger partial charge in [0.25, 0.3) is 12.4 Å². The zero-order valence-electron chi connectivity index (χ0n) is 18.1. The van der Waals surface area contributed by atoms with Crippen LogP contribution >= 0.6 is 0 Å². The first kappa shape index (κ1) is 22.6. The lowest BCUT2D eigenvalue weighted by molar-refractivity contribution is -0.134. The van der Waals surface area contributed by atoms with Gasteiger partial charge in [-0.1, -0.05) is 28.9 Å². The van der Waals surface area contributed by atoms with Crippen LogP contribution in [0.25, 0.3) is 22.8 Å². The lowest BCUT2D eigenvalue weighted by Crippen LogP contribution is -2.41. The molecule has 34 heavy (non-hydrogen) atoms. The number of carbonyl (C=O) groups excluding carboxylic acids is 2. The number of ether oxygens (including phenoxy) is 1. The van der Waals surface area contributed by atoms with Gasteiger partial charge in [-0.15, -0.1) is 0 Å². The lowest BCUT2D eigenvalue weighted by atomic mass is 10.1. The third-order valence-electron chi connectivity index (χ3n) is 4.87. The number of benzene rings is 2. The number of rotatable bonds is 8. The van der Waals surface area contributed by atoms with Crippen LogP contribution in [0.5, 0.6) is 0 Å². The first-order valence-electron chi connectivity index (χ1n) is 10.3. The van der Waals surface area contributed by atoms with Crippen LogP contribution in [0, 0.1) is 12.7 Å². The summed E-state index contributed by atoms with van der Waals surface area (Å²) < 4.78 is 25.1. The number of aryl methyl sites for hydroxylation is 1. The van der Waals surface area contributed by atoms with Crippen molar-refractivity contribution >= 4 is 18.2 Å². The molecule has 2 N–H and O–H groups in total. The molecule has 0 aliphatic rings. The van der Waals surface area contributed by atoms with E-state index in [0.29, 0.717) is 11.3 Å². The molecule has 0 saturated heterocycles. The molecule has 0 aliphatic carbocycles. The molecule has 0 saturated carbocycles. The van der Waals surface area contributed by atoms with Crippen molar-refractivity contribution in [2.75, 3.05) is 5.32 Å². The van der Waals surface area contributed by atoms with E-state index in [4.69, 9.17) is 9.26 Å². The summed E-state index contributed by atoms with van der Waals surface area (Å²) in [5.74, 6) is -0.197. The monoisotopic (exact) mass is 461 g/mol. The standard InChI is InChI=1S/C24H20FN5O4/c1-15-2-5-17(6-3-15)23-29-22(30-34-23)19-7-4-16(12-20(19)25)13-21(33-14-31)28-24(32)27-18-8-10-26-11-9-18/h2-12,14,21H,13H2,1H3,(H2,26,27,28,32). The molecule has 0 radical (unpaired) electrons. The zero-order valence-corrected chi connectivity index (χ0v) is 18.1. The van der Waals surface area contributed by atoms with Crippen LogP contribution in [0.4, 0.5) is 14.9 Å². The number of nitrogens with one attached hydrogen (secondary N) is 2. The first-order chi connectivity index (χ1) is 16.5. The van der Waals surface area contributed by atoms with E-state index in [1.807, 2.05) is 31.2 Å². The normalized spacial score (nSPS) is 11.5. The topological polar surface area (TPSA) is 119 Å². The molecule has 1 unspecified atom stereocenters. The third kappa shape index (κ3) is 5.60. The molecule has 2 aromatic carbocycles. The summed E-state index contributed by atoms with van der Waals surface area (Å²) in [6.07, 6.45) is 2.07. The summed E-state index contributed by atoms with van der Waals surface area (Å²) >= 11 is 0. The van der Waals surface area contributed by atoms with Crippen molar-refractivity contribution < 1.29 is 23.2 Å². The number of urea groups is 1. The molecular formula is C24H20FN5O4. The van der Waals surface area contributed by atoms with Crippen molar-refractivity contribution in [1.82, 2.24) is 20.4 Å². The molecule has 2 aromatic heterocycles. The van der Waals surface area contributed by atoms with Crippen molar-refractivity contribution in [2.24, 2.45) is 0 Å². The van der Waals surface area contributed by atoms with Gasteiger partial charge in [0.05, 0.1) is 5.56 Å². The van der Waals surface area contributed by atoms with E-state index < -0.39 is 18.1 Å². The Hall–Kier alpha value is -4.60. The summed E-state index contributed by atoms with van der Waals surface area (Å²) in [6, 6.07) is 14.5. The number of hydrogen-bond acceptors (Lipinski definition) is 7. The highest BCUT2D eigenvalue weighted by Crippen LogP contribution is 2.25. The van der Waals surface area contributed by atoms with E-state index in [1.54, 1.807) is 18.2 Å². The molecule has 0 aliphatic heterocycles. The summed E-state index contributed by atoms with van der Waals surface area (Å²) in [5, 5.41) is 8.99. The summed E-state index contributed by atoms with van der Waals surface area (Å²) in [4.78, 5) is 31.2. The lowest BCUT2D eigenvalue weighted by Gasteiger charge is -2.17. The van der Waals surface area contributed by atoms with Crippen LogP contribution in [0.2, 0.25) is 0 Å². The van der Waals surface area contributed by atoms with Gasteiger partial charge in [-0.05, 0) is 48.9 Å². The second-order valence-corrected chi connectivity index (χ2v) is 7.36. The van der Waals surface area contributed by atoms with Gasteiger partial charge < -0.3 is 19.9 Å². The van der Waals surface area contributed by atoms with E-state index in [9.17, 15) is 14.0 Å². The van der Waals surface area contributed by atoms with E-state index in [0.717, 1.165) is 11.1 Å². The fourth-order valence-corrected chi connectivity index (χ4v) is 3.18. The van der Waals surface area contributed by atoms with Crippen molar-refractivity contribution in [1.29, 1.82) is 0 Å². The van der Waals surface area contributed by atoms with Crippen LogP contribution in [-0.2, 0) is 16.0 Å². The Labute approximate surface area is 194 Å². The summed E-state index contributed by atoms with van der Waals surface area (Å²) in [5.41, 5.74) is 2.97. The zero-order chi connectivity index (χ0) is 23.9. The highest BCUT2D eigenvalue weighted by atomic mass is 19.1. The summed E-state index contributed by atoms with van der Waals surface area (Å²) in [7, 11) is 0. The van der Waals surface area contributed by atoms with Crippen LogP contribution < -0.4 is 10.6 Å². The number of amides is 2. The molecule has 1 atom stereocenters. The van der Waals surface area contributed by atoms with E-state index in [1.165, 1.54) is 24.5 Å². The minimum absolute atomic E-state index is 0.0422. The SMILES string of the molecule is Cc1ccc(-c2nc(-c3ccc(CC(NC(=O)Nc4ccncc4)OC=O)cc3F)no2)cc1. The average Bonchev–Trinajstić information content (AvgIpc) is 3.30. The number of hydrogen-bond donors (Lipinski definition) is 2. The quantitative estimate of drug-likeness (QED) is 0.299. The highest BCUT2D eigenvalue weighted by Gasteiger charge is 2.18. The van der Waals surface area contributed by atoms with Gasteiger partial charge in [-0.2, -0.15) is 4.98 Å². The highest BCUT2D eigenvalue weighted by molar-refractivity contribution is 5.89. The number of nitrogens with zero attached hydrogens (tertiary/aromatic N) is 3. The number of halogens is 1. The third-order valence-corrected chi connectivity index (χ3v) is 4.87. The van der Waals surface area contributed by atoms with Crippen LogP contribution in [0.1, 0.15) is 11.1 Å². The smallest absolute Gasteiger partial charge is 0.322 e. The predicted molar refractivity (Wildman–Crippen MR) is 121 cm³/mol. The number of carbonyl (C=O) groups is 2. The van der Waals surface area contributed by atoms with Crippen molar-refractivity contribution in [3.05, 3.63) is 83.9 Å². The molecule has 4 rings (SSSR count). The van der Waals surface area contributed by atoms with Crippen LogP contribution in [0.15, 0.2) is 71.5 Å². The minimum Gasteiger partial charge on any atom is -0.443 e. The van der Waals surface area contributed by atoms with Crippen molar-refractivity contribution in [2.45, 2.75) is 19.6 Å². The number of pyridine rings is 1. The second-order valence-electron chi connectivity index (χ2n) is 7.36. The van der Waals surface area contributed by atoms with Gasteiger partial charge in [-0.25, -0.2) is 9.18 Å². The maximum atomic E-state index is 14.8. The predicted octanol–water partition coefficient (Wildman–Crippen LogP) is 4.11. The van der Waals surface area contributed by atoms with E-state index >= 15 is 0 Å². The van der Waals surface area contributed by atoms with Gasteiger partial charge in [-0.3, -0.25) is 9.78 Å². The van der Waals surface area contributed by atoms with Crippen molar-refractivity contribution in [3.8, 4) is 22.8 Å². The van der Waals surface area contributed by atoms with Crippen LogP contribution in [-0.4, -0.2) is 33.9 Å². The molecule has 0 spiro atoms. The second kappa shape index (κ2) is 10.3. The molecule has 9 nitrogen and oxygen atoms in total. The van der Waals surface area contributed by atoms with E-state index in [-0.39, 0.29) is 30.2 Å². The van der Waals surface area contributed by atoms with Crippen LogP contribution in [0.3, 0.4) is 0 Å². The maximum Gasteiger partial charge on any atom is 0.322 e. The molecule has 172 valence electrons.